The van der Waals surface area contributed by atoms with Crippen LogP contribution in [0.25, 0.3) is 0 Å². The number of amides is 1. The Bertz CT molecular complexity index is 428. The molecule has 1 atom stereocenters. The summed E-state index contributed by atoms with van der Waals surface area (Å²) in [5.74, 6) is 0.300. The molecule has 0 bridgehead atoms. The van der Waals surface area contributed by atoms with Gasteiger partial charge in [0, 0.05) is 19.2 Å². The molecule has 1 saturated heterocycles. The molecule has 1 fully saturated rings. The van der Waals surface area contributed by atoms with Gasteiger partial charge in [-0.15, -0.1) is 0 Å². The lowest BCUT2D eigenvalue weighted by molar-refractivity contribution is -0.129. The lowest BCUT2D eigenvalue weighted by Gasteiger charge is -2.31. The van der Waals surface area contributed by atoms with Crippen LogP contribution < -0.4 is 0 Å². The highest BCUT2D eigenvalue weighted by atomic mass is 16.2. The van der Waals surface area contributed by atoms with Gasteiger partial charge in [0.15, 0.2) is 0 Å². The maximum atomic E-state index is 11.6. The van der Waals surface area contributed by atoms with Gasteiger partial charge in [-0.25, -0.2) is 0 Å². The standard InChI is InChI=1S/C12H14N2O/c1-8-4-6-13-12-9(8)5-7-14-10(12)2-3-11(14)15/h4,6,10H,2-3,5,7H2,1H3. The molecule has 0 aromatic carbocycles. The average Bonchev–Trinajstić information content (AvgIpc) is 2.61. The van der Waals surface area contributed by atoms with Crippen LogP contribution in [0.2, 0.25) is 0 Å². The largest absolute Gasteiger partial charge is 0.334 e. The summed E-state index contributed by atoms with van der Waals surface area (Å²) in [7, 11) is 0. The summed E-state index contributed by atoms with van der Waals surface area (Å²) in [5, 5.41) is 0. The molecule has 15 heavy (non-hydrogen) atoms. The SMILES string of the molecule is Cc1ccnc2c1CCN1C(=O)CCC21. The smallest absolute Gasteiger partial charge is 0.223 e. The Hall–Kier alpha value is -1.38. The second-order valence-electron chi connectivity index (χ2n) is 4.38. The fraction of sp³-hybridized carbons (Fsp3) is 0.500. The highest BCUT2D eigenvalue weighted by Gasteiger charge is 2.37. The third-order valence-corrected chi connectivity index (χ3v) is 3.57. The average molecular weight is 202 g/mol. The number of aryl methyl sites for hydroxylation is 1. The molecule has 0 spiro atoms. The van der Waals surface area contributed by atoms with E-state index >= 15 is 0 Å². The Labute approximate surface area is 89.1 Å². The molecule has 78 valence electrons. The fourth-order valence-corrected chi connectivity index (χ4v) is 2.75. The van der Waals surface area contributed by atoms with Crippen molar-refractivity contribution in [2.24, 2.45) is 0 Å². The summed E-state index contributed by atoms with van der Waals surface area (Å²) in [5.41, 5.74) is 3.83. The van der Waals surface area contributed by atoms with Crippen molar-refractivity contribution in [3.05, 3.63) is 29.1 Å². The van der Waals surface area contributed by atoms with E-state index in [4.69, 9.17) is 0 Å². The number of nitrogens with zero attached hydrogens (tertiary/aromatic N) is 2. The lowest BCUT2D eigenvalue weighted by atomic mass is 9.95. The fourth-order valence-electron chi connectivity index (χ4n) is 2.75. The molecule has 3 rings (SSSR count). The van der Waals surface area contributed by atoms with Crippen molar-refractivity contribution in [3.63, 3.8) is 0 Å². The van der Waals surface area contributed by atoms with Crippen LogP contribution in [0.5, 0.6) is 0 Å². The molecular formula is C12H14N2O. The second-order valence-corrected chi connectivity index (χ2v) is 4.38. The Morgan fingerprint density at radius 1 is 1.47 bits per heavy atom. The molecule has 3 heteroatoms. The zero-order valence-electron chi connectivity index (χ0n) is 8.86. The molecule has 0 N–H and O–H groups in total. The maximum Gasteiger partial charge on any atom is 0.223 e. The number of pyridine rings is 1. The predicted octanol–water partition coefficient (Wildman–Crippen LogP) is 1.61. The van der Waals surface area contributed by atoms with Gasteiger partial charge in [-0.3, -0.25) is 9.78 Å². The van der Waals surface area contributed by atoms with Crippen molar-refractivity contribution >= 4 is 5.91 Å². The first kappa shape index (κ1) is 8.89. The molecule has 2 aliphatic heterocycles. The lowest BCUT2D eigenvalue weighted by Crippen LogP contribution is -2.35. The van der Waals surface area contributed by atoms with E-state index in [1.54, 1.807) is 0 Å². The number of carbonyl (C=O) groups is 1. The van der Waals surface area contributed by atoms with E-state index in [0.717, 1.165) is 25.1 Å². The van der Waals surface area contributed by atoms with Crippen molar-refractivity contribution in [3.8, 4) is 0 Å². The minimum atomic E-state index is 0.265. The first-order valence-electron chi connectivity index (χ1n) is 5.51. The number of hydrogen-bond acceptors (Lipinski definition) is 2. The zero-order valence-corrected chi connectivity index (χ0v) is 8.86. The van der Waals surface area contributed by atoms with Gasteiger partial charge < -0.3 is 4.90 Å². The van der Waals surface area contributed by atoms with Crippen LogP contribution in [0.3, 0.4) is 0 Å². The Kier molecular flexibility index (Phi) is 1.81. The van der Waals surface area contributed by atoms with Crippen LogP contribution >= 0.6 is 0 Å². The molecule has 3 nitrogen and oxygen atoms in total. The molecule has 0 radical (unpaired) electrons. The highest BCUT2D eigenvalue weighted by molar-refractivity contribution is 5.79. The number of hydrogen-bond donors (Lipinski definition) is 0. The summed E-state index contributed by atoms with van der Waals surface area (Å²) < 4.78 is 0. The summed E-state index contributed by atoms with van der Waals surface area (Å²) in [4.78, 5) is 18.1. The molecule has 3 heterocycles. The van der Waals surface area contributed by atoms with Gasteiger partial charge in [-0.05, 0) is 37.0 Å². The summed E-state index contributed by atoms with van der Waals surface area (Å²) >= 11 is 0. The molecule has 1 unspecified atom stereocenters. The van der Waals surface area contributed by atoms with Crippen molar-refractivity contribution in [1.82, 2.24) is 9.88 Å². The summed E-state index contributed by atoms with van der Waals surface area (Å²) in [6.07, 6.45) is 4.47. The van der Waals surface area contributed by atoms with Crippen molar-refractivity contribution in [1.29, 1.82) is 0 Å². The molecule has 1 aromatic heterocycles. The minimum Gasteiger partial charge on any atom is -0.334 e. The van der Waals surface area contributed by atoms with Crippen LogP contribution in [0.4, 0.5) is 0 Å². The van der Waals surface area contributed by atoms with E-state index in [9.17, 15) is 4.79 Å². The zero-order chi connectivity index (χ0) is 10.4. The van der Waals surface area contributed by atoms with E-state index in [-0.39, 0.29) is 6.04 Å². The third kappa shape index (κ3) is 1.19. The Morgan fingerprint density at radius 2 is 2.33 bits per heavy atom. The first-order chi connectivity index (χ1) is 7.27. The number of aromatic nitrogens is 1. The van der Waals surface area contributed by atoms with Crippen molar-refractivity contribution in [2.75, 3.05) is 6.54 Å². The molecule has 2 aliphatic rings. The number of rotatable bonds is 0. The molecule has 0 saturated carbocycles. The maximum absolute atomic E-state index is 11.6. The summed E-state index contributed by atoms with van der Waals surface area (Å²) in [6, 6.07) is 2.33. The molecule has 1 amide bonds. The monoisotopic (exact) mass is 202 g/mol. The number of carbonyl (C=O) groups excluding carboxylic acids is 1. The van der Waals surface area contributed by atoms with Gasteiger partial charge in [0.05, 0.1) is 11.7 Å². The van der Waals surface area contributed by atoms with E-state index in [1.165, 1.54) is 11.1 Å². The van der Waals surface area contributed by atoms with Crippen LogP contribution in [0, 0.1) is 6.92 Å². The van der Waals surface area contributed by atoms with E-state index in [0.29, 0.717) is 12.3 Å². The van der Waals surface area contributed by atoms with Crippen LogP contribution in [0.15, 0.2) is 12.3 Å². The van der Waals surface area contributed by atoms with Crippen LogP contribution in [0.1, 0.15) is 35.7 Å². The van der Waals surface area contributed by atoms with Gasteiger partial charge in [0.1, 0.15) is 0 Å². The van der Waals surface area contributed by atoms with Crippen molar-refractivity contribution < 1.29 is 4.79 Å². The minimum absolute atomic E-state index is 0.265. The molecular weight excluding hydrogens is 188 g/mol. The van der Waals surface area contributed by atoms with Gasteiger partial charge >= 0.3 is 0 Å². The van der Waals surface area contributed by atoms with Crippen LogP contribution in [-0.4, -0.2) is 22.3 Å². The van der Waals surface area contributed by atoms with Gasteiger partial charge in [0.2, 0.25) is 5.91 Å². The van der Waals surface area contributed by atoms with E-state index in [1.807, 2.05) is 11.1 Å². The summed E-state index contributed by atoms with van der Waals surface area (Å²) in [6.45, 7) is 3.01. The van der Waals surface area contributed by atoms with E-state index < -0.39 is 0 Å². The van der Waals surface area contributed by atoms with Gasteiger partial charge in [0.25, 0.3) is 0 Å². The van der Waals surface area contributed by atoms with Crippen molar-refractivity contribution in [2.45, 2.75) is 32.2 Å². The topological polar surface area (TPSA) is 33.2 Å². The predicted molar refractivity (Wildman–Crippen MR) is 56.4 cm³/mol. The normalized spacial score (nSPS) is 23.9. The van der Waals surface area contributed by atoms with E-state index in [2.05, 4.69) is 18.0 Å². The van der Waals surface area contributed by atoms with Gasteiger partial charge in [-0.2, -0.15) is 0 Å². The molecule has 0 aliphatic carbocycles. The number of fused-ring (bicyclic) bond motifs is 3. The third-order valence-electron chi connectivity index (χ3n) is 3.57. The first-order valence-corrected chi connectivity index (χ1v) is 5.51. The Morgan fingerprint density at radius 3 is 3.20 bits per heavy atom. The van der Waals surface area contributed by atoms with Crippen LogP contribution in [-0.2, 0) is 11.2 Å². The Balaban J connectivity index is 2.10. The second kappa shape index (κ2) is 3.05. The highest BCUT2D eigenvalue weighted by Crippen LogP contribution is 2.37. The molecule has 1 aromatic rings. The van der Waals surface area contributed by atoms with Gasteiger partial charge in [-0.1, -0.05) is 0 Å². The quantitative estimate of drug-likeness (QED) is 0.640.